The number of amides is 1. The van der Waals surface area contributed by atoms with Gasteiger partial charge in [-0.1, -0.05) is 0 Å². The van der Waals surface area contributed by atoms with E-state index in [9.17, 15) is 4.79 Å². The second-order valence-electron chi connectivity index (χ2n) is 4.26. The number of carbonyl (C=O) groups excluding carboxylic acids is 1. The standard InChI is InChI=1S/C9H18N2O/c1-7-5-10-9(3,4)6-11(7)8(2)12/h7,10H,5-6H2,1-4H3. The van der Waals surface area contributed by atoms with Gasteiger partial charge in [0.15, 0.2) is 0 Å². The summed E-state index contributed by atoms with van der Waals surface area (Å²) in [7, 11) is 0. The van der Waals surface area contributed by atoms with Crippen LogP contribution >= 0.6 is 0 Å². The van der Waals surface area contributed by atoms with E-state index >= 15 is 0 Å². The van der Waals surface area contributed by atoms with E-state index in [4.69, 9.17) is 0 Å². The minimum Gasteiger partial charge on any atom is -0.337 e. The Labute approximate surface area is 74.1 Å². The van der Waals surface area contributed by atoms with Crippen molar-refractivity contribution < 1.29 is 4.79 Å². The van der Waals surface area contributed by atoms with E-state index < -0.39 is 0 Å². The van der Waals surface area contributed by atoms with Crippen LogP contribution in [0.1, 0.15) is 27.7 Å². The number of nitrogens with one attached hydrogen (secondary N) is 1. The minimum atomic E-state index is 0.0676. The first kappa shape index (κ1) is 9.52. The molecular formula is C9H18N2O. The second-order valence-corrected chi connectivity index (χ2v) is 4.26. The Morgan fingerprint density at radius 1 is 1.58 bits per heavy atom. The Bertz CT molecular complexity index is 189. The van der Waals surface area contributed by atoms with Crippen molar-refractivity contribution in [2.24, 2.45) is 0 Å². The molecule has 0 aromatic heterocycles. The van der Waals surface area contributed by atoms with Gasteiger partial charge in [0.25, 0.3) is 0 Å². The molecule has 12 heavy (non-hydrogen) atoms. The van der Waals surface area contributed by atoms with Crippen LogP contribution in [-0.4, -0.2) is 35.5 Å². The summed E-state index contributed by atoms with van der Waals surface area (Å²) in [5.41, 5.74) is 0.0676. The lowest BCUT2D eigenvalue weighted by Gasteiger charge is -2.42. The van der Waals surface area contributed by atoms with Crippen molar-refractivity contribution in [2.75, 3.05) is 13.1 Å². The Hall–Kier alpha value is -0.570. The van der Waals surface area contributed by atoms with Crippen molar-refractivity contribution in [3.8, 4) is 0 Å². The lowest BCUT2D eigenvalue weighted by atomic mass is 9.99. The van der Waals surface area contributed by atoms with E-state index in [1.54, 1.807) is 6.92 Å². The van der Waals surface area contributed by atoms with E-state index in [0.717, 1.165) is 13.1 Å². The molecule has 0 bridgehead atoms. The van der Waals surface area contributed by atoms with Crippen LogP contribution in [0.15, 0.2) is 0 Å². The number of hydrogen-bond acceptors (Lipinski definition) is 2. The molecule has 1 saturated heterocycles. The smallest absolute Gasteiger partial charge is 0.219 e. The summed E-state index contributed by atoms with van der Waals surface area (Å²) < 4.78 is 0. The quantitative estimate of drug-likeness (QED) is 0.577. The molecule has 0 aliphatic carbocycles. The van der Waals surface area contributed by atoms with E-state index in [0.29, 0.717) is 6.04 Å². The van der Waals surface area contributed by atoms with Crippen LogP contribution in [0.2, 0.25) is 0 Å². The molecule has 3 nitrogen and oxygen atoms in total. The largest absolute Gasteiger partial charge is 0.337 e. The van der Waals surface area contributed by atoms with E-state index in [1.807, 2.05) is 4.90 Å². The van der Waals surface area contributed by atoms with Crippen LogP contribution in [-0.2, 0) is 4.79 Å². The predicted molar refractivity (Wildman–Crippen MR) is 48.9 cm³/mol. The third kappa shape index (κ3) is 1.97. The Kier molecular flexibility index (Phi) is 2.42. The zero-order valence-corrected chi connectivity index (χ0v) is 8.35. The lowest BCUT2D eigenvalue weighted by molar-refractivity contribution is -0.133. The molecule has 0 radical (unpaired) electrons. The molecule has 0 aromatic rings. The summed E-state index contributed by atoms with van der Waals surface area (Å²) in [6.07, 6.45) is 0. The molecular weight excluding hydrogens is 152 g/mol. The van der Waals surface area contributed by atoms with Crippen molar-refractivity contribution in [1.29, 1.82) is 0 Å². The van der Waals surface area contributed by atoms with Gasteiger partial charge in [-0.25, -0.2) is 0 Å². The van der Waals surface area contributed by atoms with Crippen molar-refractivity contribution in [2.45, 2.75) is 39.3 Å². The number of rotatable bonds is 0. The highest BCUT2D eigenvalue weighted by Gasteiger charge is 2.31. The normalized spacial score (nSPS) is 28.7. The van der Waals surface area contributed by atoms with Gasteiger partial charge in [0, 0.05) is 31.6 Å². The highest BCUT2D eigenvalue weighted by molar-refractivity contribution is 5.73. The fourth-order valence-electron chi connectivity index (χ4n) is 1.59. The molecule has 1 rings (SSSR count). The van der Waals surface area contributed by atoms with Gasteiger partial charge in [0.05, 0.1) is 0 Å². The Morgan fingerprint density at radius 2 is 2.17 bits per heavy atom. The fraction of sp³-hybridized carbons (Fsp3) is 0.889. The van der Waals surface area contributed by atoms with Crippen molar-refractivity contribution >= 4 is 5.91 Å². The molecule has 70 valence electrons. The van der Waals surface area contributed by atoms with Crippen LogP contribution in [0.3, 0.4) is 0 Å². The third-order valence-corrected chi connectivity index (χ3v) is 2.38. The third-order valence-electron chi connectivity index (χ3n) is 2.38. The van der Waals surface area contributed by atoms with Crippen LogP contribution in [0.5, 0.6) is 0 Å². The molecule has 0 spiro atoms. The second kappa shape index (κ2) is 3.05. The predicted octanol–water partition coefficient (Wildman–Crippen LogP) is 0.605. The molecule has 1 fully saturated rings. The van der Waals surface area contributed by atoms with E-state index in [-0.39, 0.29) is 11.4 Å². The van der Waals surface area contributed by atoms with Gasteiger partial charge in [-0.15, -0.1) is 0 Å². The summed E-state index contributed by atoms with van der Waals surface area (Å²) in [6.45, 7) is 9.65. The number of nitrogens with zero attached hydrogens (tertiary/aromatic N) is 1. The zero-order chi connectivity index (χ0) is 9.35. The van der Waals surface area contributed by atoms with Gasteiger partial charge < -0.3 is 10.2 Å². The lowest BCUT2D eigenvalue weighted by Crippen LogP contribution is -2.61. The molecule has 1 amide bonds. The maximum atomic E-state index is 11.2. The number of piperazine rings is 1. The molecule has 1 unspecified atom stereocenters. The van der Waals surface area contributed by atoms with Gasteiger partial charge in [0.2, 0.25) is 5.91 Å². The van der Waals surface area contributed by atoms with Crippen molar-refractivity contribution in [3.63, 3.8) is 0 Å². The summed E-state index contributed by atoms with van der Waals surface area (Å²) in [5.74, 6) is 0.178. The van der Waals surface area contributed by atoms with Crippen LogP contribution < -0.4 is 5.32 Å². The van der Waals surface area contributed by atoms with Crippen LogP contribution in [0.25, 0.3) is 0 Å². The Morgan fingerprint density at radius 3 is 2.58 bits per heavy atom. The van der Waals surface area contributed by atoms with Gasteiger partial charge in [-0.05, 0) is 20.8 Å². The molecule has 1 aliphatic heterocycles. The average molecular weight is 170 g/mol. The topological polar surface area (TPSA) is 32.3 Å². The maximum absolute atomic E-state index is 11.2. The van der Waals surface area contributed by atoms with Gasteiger partial charge in [-0.2, -0.15) is 0 Å². The van der Waals surface area contributed by atoms with Gasteiger partial charge in [-0.3, -0.25) is 4.79 Å². The summed E-state index contributed by atoms with van der Waals surface area (Å²) in [4.78, 5) is 13.1. The first-order valence-corrected chi connectivity index (χ1v) is 4.44. The fourth-order valence-corrected chi connectivity index (χ4v) is 1.59. The highest BCUT2D eigenvalue weighted by atomic mass is 16.2. The van der Waals surface area contributed by atoms with Crippen LogP contribution in [0, 0.1) is 0 Å². The molecule has 1 atom stereocenters. The first-order valence-electron chi connectivity index (χ1n) is 4.44. The highest BCUT2D eigenvalue weighted by Crippen LogP contribution is 2.14. The summed E-state index contributed by atoms with van der Waals surface area (Å²) >= 11 is 0. The average Bonchev–Trinajstić information content (AvgIpc) is 1.94. The number of carbonyl (C=O) groups is 1. The minimum absolute atomic E-state index is 0.0676. The Balaban J connectivity index is 2.66. The maximum Gasteiger partial charge on any atom is 0.219 e. The van der Waals surface area contributed by atoms with Crippen molar-refractivity contribution in [3.05, 3.63) is 0 Å². The van der Waals surface area contributed by atoms with Gasteiger partial charge >= 0.3 is 0 Å². The molecule has 1 N–H and O–H groups in total. The molecule has 1 aliphatic rings. The number of hydrogen-bond donors (Lipinski definition) is 1. The van der Waals surface area contributed by atoms with Gasteiger partial charge in [0.1, 0.15) is 0 Å². The summed E-state index contributed by atoms with van der Waals surface area (Å²) in [5, 5.41) is 3.40. The molecule has 0 aromatic carbocycles. The van der Waals surface area contributed by atoms with E-state index in [1.165, 1.54) is 0 Å². The monoisotopic (exact) mass is 170 g/mol. The van der Waals surface area contributed by atoms with Crippen LogP contribution in [0.4, 0.5) is 0 Å². The molecule has 1 heterocycles. The molecule has 3 heteroatoms. The zero-order valence-electron chi connectivity index (χ0n) is 8.35. The SMILES string of the molecule is CC(=O)N1CC(C)(C)NCC1C. The summed E-state index contributed by atoms with van der Waals surface area (Å²) in [6, 6.07) is 0.329. The van der Waals surface area contributed by atoms with E-state index in [2.05, 4.69) is 26.1 Å². The molecule has 0 saturated carbocycles. The van der Waals surface area contributed by atoms with Crippen molar-refractivity contribution in [1.82, 2.24) is 10.2 Å². The first-order chi connectivity index (χ1) is 5.42.